The molecule has 0 amide bonds. The lowest BCUT2D eigenvalue weighted by molar-refractivity contribution is 0.169. The van der Waals surface area contributed by atoms with E-state index in [2.05, 4.69) is 11.4 Å². The van der Waals surface area contributed by atoms with Gasteiger partial charge in [-0.25, -0.2) is 0 Å². The molecule has 1 aromatic rings. The van der Waals surface area contributed by atoms with Gasteiger partial charge in [-0.2, -0.15) is 0 Å². The third kappa shape index (κ3) is 2.99. The molecule has 0 aliphatic heterocycles. The van der Waals surface area contributed by atoms with Gasteiger partial charge >= 0.3 is 0 Å². The van der Waals surface area contributed by atoms with Gasteiger partial charge in [-0.1, -0.05) is 6.07 Å². The molecule has 0 saturated heterocycles. The van der Waals surface area contributed by atoms with Crippen molar-refractivity contribution >= 4 is 0 Å². The Hall–Kier alpha value is -1.06. The van der Waals surface area contributed by atoms with Crippen molar-refractivity contribution in [1.82, 2.24) is 5.32 Å². The lowest BCUT2D eigenvalue weighted by atomic mass is 9.87. The normalized spacial score (nSPS) is 23.4. The molecule has 0 bridgehead atoms. The van der Waals surface area contributed by atoms with E-state index >= 15 is 0 Å². The van der Waals surface area contributed by atoms with Crippen molar-refractivity contribution in [2.24, 2.45) is 5.41 Å². The van der Waals surface area contributed by atoms with Crippen molar-refractivity contribution in [3.8, 4) is 5.75 Å². The first-order chi connectivity index (χ1) is 9.72. The fourth-order valence-corrected chi connectivity index (χ4v) is 3.36. The Kier molecular flexibility index (Phi) is 3.99. The summed E-state index contributed by atoms with van der Waals surface area (Å²) in [5.74, 6) is 0.392. The van der Waals surface area contributed by atoms with Crippen molar-refractivity contribution in [3.63, 3.8) is 0 Å². The number of nitrogens with one attached hydrogen (secondary N) is 1. The topological polar surface area (TPSA) is 41.5 Å². The van der Waals surface area contributed by atoms with Crippen LogP contribution in [0, 0.1) is 5.41 Å². The summed E-state index contributed by atoms with van der Waals surface area (Å²) >= 11 is 0. The molecular formula is C17H25NO2. The molecule has 110 valence electrons. The summed E-state index contributed by atoms with van der Waals surface area (Å²) in [6.07, 6.45) is 7.34. The highest BCUT2D eigenvalue weighted by atomic mass is 16.5. The van der Waals surface area contributed by atoms with E-state index in [1.54, 1.807) is 7.11 Å². The summed E-state index contributed by atoms with van der Waals surface area (Å²) in [7, 11) is 1.79. The maximum absolute atomic E-state index is 9.61. The second-order valence-electron chi connectivity index (χ2n) is 6.45. The molecule has 3 heteroatoms. The molecule has 2 aliphatic rings. The van der Waals surface area contributed by atoms with Gasteiger partial charge in [0.25, 0.3) is 0 Å². The van der Waals surface area contributed by atoms with Crippen LogP contribution in [-0.4, -0.2) is 25.4 Å². The van der Waals surface area contributed by atoms with Crippen molar-refractivity contribution in [2.75, 3.05) is 20.3 Å². The van der Waals surface area contributed by atoms with Crippen molar-refractivity contribution in [1.29, 1.82) is 0 Å². The Morgan fingerprint density at radius 2 is 2.25 bits per heavy atom. The fourth-order valence-electron chi connectivity index (χ4n) is 3.36. The monoisotopic (exact) mass is 275 g/mol. The Morgan fingerprint density at radius 1 is 1.40 bits per heavy atom. The molecule has 1 fully saturated rings. The van der Waals surface area contributed by atoms with E-state index in [-0.39, 0.29) is 0 Å². The minimum Gasteiger partial charge on any atom is -0.508 e. The minimum absolute atomic E-state index is 0.392. The molecular weight excluding hydrogens is 250 g/mol. The molecule has 3 nitrogen and oxygen atoms in total. The molecule has 1 aromatic carbocycles. The van der Waals surface area contributed by atoms with E-state index in [0.717, 1.165) is 19.6 Å². The van der Waals surface area contributed by atoms with Gasteiger partial charge < -0.3 is 15.2 Å². The van der Waals surface area contributed by atoms with E-state index in [4.69, 9.17) is 4.74 Å². The second kappa shape index (κ2) is 5.74. The average Bonchev–Trinajstić information content (AvgIpc) is 3.23. The minimum atomic E-state index is 0.392. The summed E-state index contributed by atoms with van der Waals surface area (Å²) in [5, 5.41) is 13.4. The average molecular weight is 275 g/mol. The van der Waals surface area contributed by atoms with Gasteiger partial charge in [0.15, 0.2) is 0 Å². The number of methoxy groups -OCH3 is 1. The van der Waals surface area contributed by atoms with Gasteiger partial charge in [0, 0.05) is 26.3 Å². The van der Waals surface area contributed by atoms with E-state index < -0.39 is 0 Å². The van der Waals surface area contributed by atoms with Crippen molar-refractivity contribution in [2.45, 2.75) is 44.6 Å². The van der Waals surface area contributed by atoms with Crippen LogP contribution in [0.1, 0.15) is 49.3 Å². The van der Waals surface area contributed by atoms with Crippen LogP contribution < -0.4 is 5.32 Å². The molecule has 0 heterocycles. The van der Waals surface area contributed by atoms with E-state index in [9.17, 15) is 5.11 Å². The maximum atomic E-state index is 9.61. The number of phenolic OH excluding ortho intramolecular Hbond substituents is 1. The summed E-state index contributed by atoms with van der Waals surface area (Å²) in [6, 6.07) is 6.30. The maximum Gasteiger partial charge on any atom is 0.115 e. The summed E-state index contributed by atoms with van der Waals surface area (Å²) in [5.41, 5.74) is 3.19. The Bertz CT molecular complexity index is 468. The van der Waals surface area contributed by atoms with Crippen molar-refractivity contribution < 1.29 is 9.84 Å². The molecule has 0 radical (unpaired) electrons. The zero-order valence-corrected chi connectivity index (χ0v) is 12.3. The molecule has 1 saturated carbocycles. The van der Waals surface area contributed by atoms with E-state index in [1.807, 2.05) is 12.1 Å². The predicted molar refractivity (Wildman–Crippen MR) is 79.9 cm³/mol. The zero-order chi connectivity index (χ0) is 14.0. The lowest BCUT2D eigenvalue weighted by Gasteiger charge is -2.28. The number of ether oxygens (including phenoxy) is 1. The summed E-state index contributed by atoms with van der Waals surface area (Å²) in [6.45, 7) is 1.97. The standard InChI is InChI=1S/C17H25NO2/c1-20-10-9-17(7-8-17)12-18-16-4-2-3-13-11-14(19)5-6-15(13)16/h5-6,11,16,18-19H,2-4,7-10,12H2,1H3. The highest BCUT2D eigenvalue weighted by Gasteiger charge is 2.42. The Labute approximate surface area is 121 Å². The van der Waals surface area contributed by atoms with Gasteiger partial charge in [-0.05, 0) is 67.2 Å². The zero-order valence-electron chi connectivity index (χ0n) is 12.3. The van der Waals surface area contributed by atoms with Crippen LogP contribution in [0.2, 0.25) is 0 Å². The third-order valence-corrected chi connectivity index (χ3v) is 4.96. The molecule has 20 heavy (non-hydrogen) atoms. The SMILES string of the molecule is COCCC1(CNC2CCCc3cc(O)ccc32)CC1. The summed E-state index contributed by atoms with van der Waals surface area (Å²) < 4.78 is 5.22. The Balaban J connectivity index is 1.62. The number of phenols is 1. The highest BCUT2D eigenvalue weighted by molar-refractivity contribution is 5.38. The van der Waals surface area contributed by atoms with Crippen LogP contribution in [-0.2, 0) is 11.2 Å². The number of aryl methyl sites for hydroxylation is 1. The van der Waals surface area contributed by atoms with Crippen LogP contribution in [0.4, 0.5) is 0 Å². The van der Waals surface area contributed by atoms with Gasteiger partial charge in [0.1, 0.15) is 5.75 Å². The van der Waals surface area contributed by atoms with Gasteiger partial charge in [0.05, 0.1) is 0 Å². The first-order valence-electron chi connectivity index (χ1n) is 7.77. The van der Waals surface area contributed by atoms with Crippen LogP contribution in [0.5, 0.6) is 5.75 Å². The lowest BCUT2D eigenvalue weighted by Crippen LogP contribution is -2.31. The number of fused-ring (bicyclic) bond motifs is 1. The predicted octanol–water partition coefficient (Wildman–Crippen LogP) is 3.18. The number of benzene rings is 1. The van der Waals surface area contributed by atoms with Gasteiger partial charge in [-0.15, -0.1) is 0 Å². The quantitative estimate of drug-likeness (QED) is 0.838. The molecule has 2 N–H and O–H groups in total. The van der Waals surface area contributed by atoms with Crippen LogP contribution in [0.15, 0.2) is 18.2 Å². The molecule has 1 atom stereocenters. The molecule has 3 rings (SSSR count). The fraction of sp³-hybridized carbons (Fsp3) is 0.647. The van der Waals surface area contributed by atoms with Crippen molar-refractivity contribution in [3.05, 3.63) is 29.3 Å². The van der Waals surface area contributed by atoms with Crippen LogP contribution in [0.25, 0.3) is 0 Å². The first-order valence-corrected chi connectivity index (χ1v) is 7.77. The number of hydrogen-bond donors (Lipinski definition) is 2. The molecule has 2 aliphatic carbocycles. The number of hydrogen-bond acceptors (Lipinski definition) is 3. The largest absolute Gasteiger partial charge is 0.508 e. The first kappa shape index (κ1) is 13.9. The van der Waals surface area contributed by atoms with Crippen LogP contribution >= 0.6 is 0 Å². The van der Waals surface area contributed by atoms with Gasteiger partial charge in [-0.3, -0.25) is 0 Å². The Morgan fingerprint density at radius 3 is 3.00 bits per heavy atom. The van der Waals surface area contributed by atoms with Crippen LogP contribution in [0.3, 0.4) is 0 Å². The number of rotatable bonds is 6. The third-order valence-electron chi connectivity index (χ3n) is 4.96. The highest BCUT2D eigenvalue weighted by Crippen LogP contribution is 2.48. The molecule has 1 unspecified atom stereocenters. The van der Waals surface area contributed by atoms with E-state index in [0.29, 0.717) is 17.2 Å². The van der Waals surface area contributed by atoms with Gasteiger partial charge in [0.2, 0.25) is 0 Å². The molecule has 0 aromatic heterocycles. The second-order valence-corrected chi connectivity index (χ2v) is 6.45. The summed E-state index contributed by atoms with van der Waals surface area (Å²) in [4.78, 5) is 0. The molecule has 0 spiro atoms. The smallest absolute Gasteiger partial charge is 0.115 e. The number of aromatic hydroxyl groups is 1. The van der Waals surface area contributed by atoms with E-state index in [1.165, 1.54) is 43.2 Å².